The number of hydrogen-bond acceptors (Lipinski definition) is 5. The van der Waals surface area contributed by atoms with Crippen molar-refractivity contribution in [1.82, 2.24) is 4.98 Å². The highest BCUT2D eigenvalue weighted by molar-refractivity contribution is 9.10. The average Bonchev–Trinajstić information content (AvgIpc) is 2.43. The molecule has 0 saturated carbocycles. The van der Waals surface area contributed by atoms with Crippen molar-refractivity contribution in [1.29, 1.82) is 0 Å². The molecule has 6 nitrogen and oxygen atoms in total. The lowest BCUT2D eigenvalue weighted by molar-refractivity contribution is -0.385. The lowest BCUT2D eigenvalue weighted by Crippen LogP contribution is -2.02. The second kappa shape index (κ2) is 6.00. The molecule has 9 heteroatoms. The molecule has 1 aromatic heterocycles. The summed E-state index contributed by atoms with van der Waals surface area (Å²) in [6.45, 7) is 0. The minimum atomic E-state index is -1.07. The molecule has 0 fully saturated rings. The molecule has 1 N–H and O–H groups in total. The van der Waals surface area contributed by atoms with Crippen LogP contribution >= 0.6 is 15.9 Å². The smallest absolute Gasteiger partial charge is 0.312 e. The van der Waals surface area contributed by atoms with Crippen LogP contribution in [0.2, 0.25) is 0 Å². The van der Waals surface area contributed by atoms with Crippen molar-refractivity contribution in [3.63, 3.8) is 0 Å². The van der Waals surface area contributed by atoms with E-state index in [0.717, 1.165) is 0 Å². The van der Waals surface area contributed by atoms with Crippen LogP contribution in [0.25, 0.3) is 0 Å². The molecule has 0 radical (unpaired) electrons. The Kier molecular flexibility index (Phi) is 4.32. The van der Waals surface area contributed by atoms with Gasteiger partial charge in [0.15, 0.2) is 17.5 Å². The Balaban J connectivity index is 2.50. The quantitative estimate of drug-likeness (QED) is 0.662. The van der Waals surface area contributed by atoms with Gasteiger partial charge in [-0.2, -0.15) is 4.98 Å². The predicted octanol–water partition coefficient (Wildman–Crippen LogP) is 3.86. The number of aromatic nitrogens is 1. The van der Waals surface area contributed by atoms with Crippen LogP contribution < -0.4 is 10.1 Å². The Bertz CT molecular complexity index is 712. The summed E-state index contributed by atoms with van der Waals surface area (Å²) in [6, 6.07) is 4.70. The summed E-state index contributed by atoms with van der Waals surface area (Å²) >= 11 is 3.08. The molecule has 0 saturated heterocycles. The average molecular weight is 360 g/mol. The Morgan fingerprint density at radius 2 is 2.10 bits per heavy atom. The van der Waals surface area contributed by atoms with E-state index in [0.29, 0.717) is 6.07 Å². The molecule has 0 aliphatic carbocycles. The molecule has 0 atom stereocenters. The fourth-order valence-electron chi connectivity index (χ4n) is 1.54. The van der Waals surface area contributed by atoms with E-state index >= 15 is 0 Å². The van der Waals surface area contributed by atoms with Gasteiger partial charge < -0.3 is 10.1 Å². The van der Waals surface area contributed by atoms with Gasteiger partial charge in [-0.05, 0) is 22.0 Å². The Hall–Kier alpha value is -2.29. The number of nitro benzene ring substituents is 1. The number of hydrogen-bond donors (Lipinski definition) is 1. The molecule has 1 aromatic carbocycles. The Morgan fingerprint density at radius 3 is 2.71 bits per heavy atom. The summed E-state index contributed by atoms with van der Waals surface area (Å²) < 4.78 is 32.4. The van der Waals surface area contributed by atoms with Crippen molar-refractivity contribution in [3.05, 3.63) is 50.5 Å². The predicted molar refractivity (Wildman–Crippen MR) is 74.6 cm³/mol. The van der Waals surface area contributed by atoms with Gasteiger partial charge in [0, 0.05) is 19.2 Å². The van der Waals surface area contributed by atoms with Crippen LogP contribution in [0, 0.1) is 21.7 Å². The monoisotopic (exact) mass is 359 g/mol. The van der Waals surface area contributed by atoms with Crippen LogP contribution in [-0.4, -0.2) is 17.0 Å². The highest BCUT2D eigenvalue weighted by Crippen LogP contribution is 2.38. The molecule has 0 spiro atoms. The number of nitrogens with one attached hydrogen (secondary N) is 1. The number of rotatable bonds is 4. The van der Waals surface area contributed by atoms with Gasteiger partial charge in [0.25, 0.3) is 5.88 Å². The number of benzene rings is 1. The summed E-state index contributed by atoms with van der Waals surface area (Å²) in [5.41, 5.74) is -0.374. The lowest BCUT2D eigenvalue weighted by Gasteiger charge is -2.10. The molecule has 21 heavy (non-hydrogen) atoms. The van der Waals surface area contributed by atoms with Gasteiger partial charge in [-0.3, -0.25) is 10.1 Å². The van der Waals surface area contributed by atoms with Crippen LogP contribution in [0.3, 0.4) is 0 Å². The minimum absolute atomic E-state index is 0.220. The topological polar surface area (TPSA) is 77.3 Å². The molecular formula is C12H8BrF2N3O3. The van der Waals surface area contributed by atoms with Gasteiger partial charge in [-0.1, -0.05) is 6.07 Å². The van der Waals surface area contributed by atoms with Gasteiger partial charge in [-0.25, -0.2) is 8.78 Å². The summed E-state index contributed by atoms with van der Waals surface area (Å²) in [5, 5.41) is 13.4. The van der Waals surface area contributed by atoms with E-state index in [1.165, 1.54) is 25.2 Å². The van der Waals surface area contributed by atoms with Gasteiger partial charge in [0.05, 0.1) is 9.40 Å². The van der Waals surface area contributed by atoms with Crippen LogP contribution in [-0.2, 0) is 0 Å². The summed E-state index contributed by atoms with van der Waals surface area (Å²) in [7, 11) is 1.40. The van der Waals surface area contributed by atoms with Crippen molar-refractivity contribution in [2.45, 2.75) is 0 Å². The summed E-state index contributed by atoms with van der Waals surface area (Å²) in [4.78, 5) is 13.9. The highest BCUT2D eigenvalue weighted by Gasteiger charge is 2.22. The Labute approximate surface area is 126 Å². The minimum Gasteiger partial charge on any atom is -0.428 e. The first-order valence-electron chi connectivity index (χ1n) is 5.58. The fourth-order valence-corrected chi connectivity index (χ4v) is 1.97. The van der Waals surface area contributed by atoms with Crippen molar-refractivity contribution in [3.8, 4) is 11.6 Å². The first-order chi connectivity index (χ1) is 9.93. The van der Waals surface area contributed by atoms with Gasteiger partial charge >= 0.3 is 5.69 Å². The molecule has 2 aromatic rings. The maximum Gasteiger partial charge on any atom is 0.312 e. The molecule has 0 bridgehead atoms. The van der Waals surface area contributed by atoms with Crippen LogP contribution in [0.4, 0.5) is 20.3 Å². The van der Waals surface area contributed by atoms with E-state index in [2.05, 4.69) is 26.2 Å². The fraction of sp³-hybridized carbons (Fsp3) is 0.0833. The number of nitrogens with zero attached hydrogens (tertiary/aromatic N) is 2. The molecular weight excluding hydrogens is 352 g/mol. The molecule has 110 valence electrons. The van der Waals surface area contributed by atoms with Gasteiger partial charge in [-0.15, -0.1) is 0 Å². The van der Waals surface area contributed by atoms with Crippen molar-refractivity contribution in [2.75, 3.05) is 12.4 Å². The number of halogens is 3. The third kappa shape index (κ3) is 3.07. The zero-order chi connectivity index (χ0) is 15.6. The largest absolute Gasteiger partial charge is 0.428 e. The Morgan fingerprint density at radius 1 is 1.38 bits per heavy atom. The van der Waals surface area contributed by atoms with E-state index in [1.807, 2.05) is 0 Å². The van der Waals surface area contributed by atoms with Crippen molar-refractivity contribution >= 4 is 27.4 Å². The zero-order valence-electron chi connectivity index (χ0n) is 10.6. The molecule has 0 aliphatic heterocycles. The molecule has 0 amide bonds. The zero-order valence-corrected chi connectivity index (χ0v) is 12.1. The standard InChI is InChI=1S/C12H8BrF2N3O3/c1-16-11-7(14)5-8(15)12(17-11)21-10-6(13)3-2-4-9(10)18(19)20/h2-5H,1H3,(H,16,17). The van der Waals surface area contributed by atoms with E-state index in [9.17, 15) is 18.9 Å². The first kappa shape index (κ1) is 15.1. The van der Waals surface area contributed by atoms with E-state index in [4.69, 9.17) is 4.74 Å². The number of pyridine rings is 1. The van der Waals surface area contributed by atoms with Crippen molar-refractivity contribution in [2.24, 2.45) is 0 Å². The molecule has 0 unspecified atom stereocenters. The van der Waals surface area contributed by atoms with Gasteiger partial charge in [0.1, 0.15) is 0 Å². The summed E-state index contributed by atoms with van der Waals surface area (Å²) in [6.07, 6.45) is 0. The second-order valence-electron chi connectivity index (χ2n) is 3.80. The summed E-state index contributed by atoms with van der Waals surface area (Å²) in [5.74, 6) is -3.00. The van der Waals surface area contributed by atoms with Crippen LogP contribution in [0.15, 0.2) is 28.7 Å². The van der Waals surface area contributed by atoms with Crippen LogP contribution in [0.1, 0.15) is 0 Å². The first-order valence-corrected chi connectivity index (χ1v) is 6.38. The van der Waals surface area contributed by atoms with Gasteiger partial charge in [0.2, 0.25) is 5.75 Å². The van der Waals surface area contributed by atoms with E-state index < -0.39 is 22.4 Å². The number of anilines is 1. The highest BCUT2D eigenvalue weighted by atomic mass is 79.9. The number of ether oxygens (including phenoxy) is 1. The van der Waals surface area contributed by atoms with Crippen LogP contribution in [0.5, 0.6) is 11.6 Å². The maximum absolute atomic E-state index is 13.7. The molecule has 0 aliphatic rings. The lowest BCUT2D eigenvalue weighted by atomic mass is 10.3. The second-order valence-corrected chi connectivity index (χ2v) is 4.66. The maximum atomic E-state index is 13.7. The van der Waals surface area contributed by atoms with Crippen molar-refractivity contribution < 1.29 is 18.4 Å². The third-order valence-electron chi connectivity index (χ3n) is 2.48. The number of para-hydroxylation sites is 1. The third-order valence-corrected chi connectivity index (χ3v) is 3.10. The molecule has 1 heterocycles. The SMILES string of the molecule is CNc1nc(Oc2c(Br)cccc2[N+](=O)[O-])c(F)cc1F. The number of nitro groups is 1. The van der Waals surface area contributed by atoms with E-state index in [-0.39, 0.29) is 21.7 Å². The normalized spacial score (nSPS) is 10.3. The van der Waals surface area contributed by atoms with E-state index in [1.54, 1.807) is 0 Å². The molecule has 2 rings (SSSR count).